The number of ether oxygens (including phenoxy) is 3. The molecule has 1 amide bonds. The van der Waals surface area contributed by atoms with Crippen LogP contribution in [0.25, 0.3) is 0 Å². The lowest BCUT2D eigenvalue weighted by Gasteiger charge is -2.14. The van der Waals surface area contributed by atoms with Gasteiger partial charge < -0.3 is 25.3 Å². The second-order valence-corrected chi connectivity index (χ2v) is 5.84. The Bertz CT molecular complexity index is 518. The Labute approximate surface area is 137 Å². The van der Waals surface area contributed by atoms with Crippen molar-refractivity contribution in [1.82, 2.24) is 5.32 Å². The van der Waals surface area contributed by atoms with Gasteiger partial charge in [-0.3, -0.25) is 4.79 Å². The van der Waals surface area contributed by atoms with Crippen LogP contribution in [0.5, 0.6) is 17.2 Å². The molecule has 0 aliphatic heterocycles. The van der Waals surface area contributed by atoms with E-state index in [9.17, 15) is 4.79 Å². The van der Waals surface area contributed by atoms with Gasteiger partial charge in [-0.05, 0) is 42.9 Å². The Hall–Kier alpha value is -1.95. The number of rotatable bonds is 9. The first-order valence-electron chi connectivity index (χ1n) is 7.90. The fourth-order valence-electron chi connectivity index (χ4n) is 2.55. The molecule has 2 rings (SSSR count). The van der Waals surface area contributed by atoms with Crippen LogP contribution < -0.4 is 25.3 Å². The number of methoxy groups -OCH3 is 3. The molecule has 0 bridgehead atoms. The van der Waals surface area contributed by atoms with Crippen molar-refractivity contribution in [1.29, 1.82) is 0 Å². The van der Waals surface area contributed by atoms with Crippen LogP contribution in [-0.4, -0.2) is 39.8 Å². The molecule has 0 heterocycles. The van der Waals surface area contributed by atoms with E-state index in [0.717, 1.165) is 5.56 Å². The molecular weight excluding hydrogens is 296 g/mol. The summed E-state index contributed by atoms with van der Waals surface area (Å²) in [6.07, 6.45) is 3.36. The van der Waals surface area contributed by atoms with E-state index in [-0.39, 0.29) is 11.9 Å². The molecule has 1 atom stereocenters. The zero-order valence-electron chi connectivity index (χ0n) is 14.1. The van der Waals surface area contributed by atoms with E-state index in [0.29, 0.717) is 42.6 Å². The number of hydrogen-bond acceptors (Lipinski definition) is 5. The van der Waals surface area contributed by atoms with E-state index in [1.165, 1.54) is 12.8 Å². The van der Waals surface area contributed by atoms with Crippen molar-refractivity contribution in [2.45, 2.75) is 31.7 Å². The molecule has 0 saturated heterocycles. The smallest absolute Gasteiger partial charge is 0.220 e. The molecule has 6 nitrogen and oxygen atoms in total. The number of benzene rings is 1. The van der Waals surface area contributed by atoms with Crippen molar-refractivity contribution >= 4 is 5.91 Å². The van der Waals surface area contributed by atoms with Gasteiger partial charge in [0.1, 0.15) is 0 Å². The number of aryl methyl sites for hydroxylation is 1. The van der Waals surface area contributed by atoms with Crippen molar-refractivity contribution in [2.75, 3.05) is 27.9 Å². The molecule has 0 aromatic heterocycles. The maximum atomic E-state index is 11.9. The number of carbonyl (C=O) groups is 1. The molecule has 1 aliphatic rings. The maximum Gasteiger partial charge on any atom is 0.220 e. The minimum absolute atomic E-state index is 0.00912. The van der Waals surface area contributed by atoms with Crippen LogP contribution in [0, 0.1) is 5.92 Å². The molecule has 3 N–H and O–H groups in total. The van der Waals surface area contributed by atoms with Gasteiger partial charge in [-0.25, -0.2) is 0 Å². The third kappa shape index (κ3) is 4.76. The first-order valence-corrected chi connectivity index (χ1v) is 7.90. The summed E-state index contributed by atoms with van der Waals surface area (Å²) in [6.45, 7) is 0.554. The molecule has 1 fully saturated rings. The second kappa shape index (κ2) is 8.06. The van der Waals surface area contributed by atoms with Gasteiger partial charge in [-0.2, -0.15) is 0 Å². The summed E-state index contributed by atoms with van der Waals surface area (Å²) in [5.74, 6) is 2.34. The van der Waals surface area contributed by atoms with Crippen molar-refractivity contribution in [3.63, 3.8) is 0 Å². The second-order valence-electron chi connectivity index (χ2n) is 5.84. The summed E-state index contributed by atoms with van der Waals surface area (Å²) in [5, 5.41) is 2.90. The molecular formula is C17H26N2O4. The van der Waals surface area contributed by atoms with E-state index in [2.05, 4.69) is 5.32 Å². The third-order valence-corrected chi connectivity index (χ3v) is 4.13. The largest absolute Gasteiger partial charge is 0.493 e. The van der Waals surface area contributed by atoms with Crippen molar-refractivity contribution in [3.05, 3.63) is 17.7 Å². The lowest BCUT2D eigenvalue weighted by atomic mass is 10.1. The first kappa shape index (κ1) is 17.4. The lowest BCUT2D eigenvalue weighted by molar-refractivity contribution is -0.121. The summed E-state index contributed by atoms with van der Waals surface area (Å²) < 4.78 is 15.9. The van der Waals surface area contributed by atoms with E-state index in [4.69, 9.17) is 19.9 Å². The molecule has 1 aromatic carbocycles. The molecule has 1 aliphatic carbocycles. The van der Waals surface area contributed by atoms with Crippen LogP contribution in [-0.2, 0) is 11.2 Å². The lowest BCUT2D eigenvalue weighted by Crippen LogP contribution is -2.38. The molecule has 1 saturated carbocycles. The molecule has 1 aromatic rings. The highest BCUT2D eigenvalue weighted by atomic mass is 16.5. The molecule has 1 unspecified atom stereocenters. The summed E-state index contributed by atoms with van der Waals surface area (Å²) >= 11 is 0. The minimum atomic E-state index is 0.00912. The van der Waals surface area contributed by atoms with Gasteiger partial charge in [0.15, 0.2) is 11.5 Å². The Morgan fingerprint density at radius 3 is 2.30 bits per heavy atom. The summed E-state index contributed by atoms with van der Waals surface area (Å²) in [4.78, 5) is 11.9. The Morgan fingerprint density at radius 1 is 1.22 bits per heavy atom. The molecule has 23 heavy (non-hydrogen) atoms. The number of nitrogens with one attached hydrogen (secondary N) is 1. The number of hydrogen-bond donors (Lipinski definition) is 2. The average molecular weight is 322 g/mol. The van der Waals surface area contributed by atoms with Crippen molar-refractivity contribution in [3.8, 4) is 17.2 Å². The van der Waals surface area contributed by atoms with Crippen molar-refractivity contribution < 1.29 is 19.0 Å². The number of carbonyl (C=O) groups excluding carboxylic acids is 1. The highest BCUT2D eigenvalue weighted by Gasteiger charge is 2.28. The first-order chi connectivity index (χ1) is 11.1. The Morgan fingerprint density at radius 2 is 1.83 bits per heavy atom. The van der Waals surface area contributed by atoms with E-state index in [1.54, 1.807) is 21.3 Å². The highest BCUT2D eigenvalue weighted by Crippen LogP contribution is 2.38. The van der Waals surface area contributed by atoms with Gasteiger partial charge in [0.05, 0.1) is 21.3 Å². The predicted octanol–water partition coefficient (Wildman–Crippen LogP) is 1.50. The number of nitrogens with two attached hydrogens (primary N) is 1. The van der Waals surface area contributed by atoms with Crippen LogP contribution in [0.4, 0.5) is 0 Å². The van der Waals surface area contributed by atoms with Gasteiger partial charge in [0.2, 0.25) is 11.7 Å². The SMILES string of the molecule is COc1cc(CCC(=O)NCC(N)C2CC2)cc(OC)c1OC. The minimum Gasteiger partial charge on any atom is -0.493 e. The monoisotopic (exact) mass is 322 g/mol. The van der Waals surface area contributed by atoms with Crippen molar-refractivity contribution in [2.24, 2.45) is 11.7 Å². The topological polar surface area (TPSA) is 82.8 Å². The standard InChI is InChI=1S/C17H26N2O4/c1-21-14-8-11(9-15(22-2)17(14)23-3)4-7-16(20)19-10-13(18)12-5-6-12/h8-9,12-13H,4-7,10,18H2,1-3H3,(H,19,20). The van der Waals surface area contributed by atoms with Crippen LogP contribution in [0.2, 0.25) is 0 Å². The van der Waals surface area contributed by atoms with Gasteiger partial charge >= 0.3 is 0 Å². The summed E-state index contributed by atoms with van der Waals surface area (Å²) in [6, 6.07) is 3.81. The van der Waals surface area contributed by atoms with Gasteiger partial charge in [-0.15, -0.1) is 0 Å². The Balaban J connectivity index is 1.90. The predicted molar refractivity (Wildman–Crippen MR) is 88.1 cm³/mol. The quantitative estimate of drug-likeness (QED) is 0.720. The van der Waals surface area contributed by atoms with E-state index in [1.807, 2.05) is 12.1 Å². The fraction of sp³-hybridized carbons (Fsp3) is 0.588. The molecule has 6 heteroatoms. The van der Waals surface area contributed by atoms with Crippen LogP contribution >= 0.6 is 0 Å². The fourth-order valence-corrected chi connectivity index (χ4v) is 2.55. The van der Waals surface area contributed by atoms with Gasteiger partial charge in [0.25, 0.3) is 0 Å². The summed E-state index contributed by atoms with van der Waals surface area (Å²) in [5.41, 5.74) is 6.94. The van der Waals surface area contributed by atoms with Crippen LogP contribution in [0.15, 0.2) is 12.1 Å². The molecule has 0 spiro atoms. The Kier molecular flexibility index (Phi) is 6.10. The van der Waals surface area contributed by atoms with E-state index < -0.39 is 0 Å². The highest BCUT2D eigenvalue weighted by molar-refractivity contribution is 5.76. The summed E-state index contributed by atoms with van der Waals surface area (Å²) in [7, 11) is 4.72. The van der Waals surface area contributed by atoms with Gasteiger partial charge in [0, 0.05) is 19.0 Å². The normalized spacial score (nSPS) is 15.0. The third-order valence-electron chi connectivity index (χ3n) is 4.13. The van der Waals surface area contributed by atoms with Crippen LogP contribution in [0.3, 0.4) is 0 Å². The molecule has 0 radical (unpaired) electrons. The zero-order chi connectivity index (χ0) is 16.8. The van der Waals surface area contributed by atoms with Gasteiger partial charge in [-0.1, -0.05) is 0 Å². The maximum absolute atomic E-state index is 11.9. The number of amides is 1. The van der Waals surface area contributed by atoms with Crippen LogP contribution in [0.1, 0.15) is 24.8 Å². The van der Waals surface area contributed by atoms with E-state index >= 15 is 0 Å². The molecule has 128 valence electrons. The zero-order valence-corrected chi connectivity index (χ0v) is 14.1. The average Bonchev–Trinajstić information content (AvgIpc) is 3.41.